The number of carbonyl (C=O) groups is 2. The lowest BCUT2D eigenvalue weighted by molar-refractivity contribution is -0.119. The van der Waals surface area contributed by atoms with Gasteiger partial charge in [-0.1, -0.05) is 18.2 Å². The van der Waals surface area contributed by atoms with Crippen molar-refractivity contribution < 1.29 is 9.59 Å². The van der Waals surface area contributed by atoms with Gasteiger partial charge in [0.1, 0.15) is 0 Å². The van der Waals surface area contributed by atoms with Crippen molar-refractivity contribution >= 4 is 17.5 Å². The molecule has 84 valence electrons. The van der Waals surface area contributed by atoms with Gasteiger partial charge >= 0.3 is 0 Å². The molecule has 2 rings (SSSR count). The molecule has 0 aliphatic carbocycles. The van der Waals surface area contributed by atoms with Gasteiger partial charge in [-0.3, -0.25) is 14.5 Å². The normalized spacial score (nSPS) is 15.9. The zero-order valence-electron chi connectivity index (χ0n) is 8.77. The van der Waals surface area contributed by atoms with Crippen LogP contribution in [0.4, 0.5) is 5.69 Å². The molecule has 0 radical (unpaired) electrons. The van der Waals surface area contributed by atoms with Crippen molar-refractivity contribution in [3.8, 4) is 0 Å². The fraction of sp³-hybridized carbons (Fsp3) is 0.273. The van der Waals surface area contributed by atoms with Crippen LogP contribution in [0.2, 0.25) is 0 Å². The molecule has 1 saturated heterocycles. The van der Waals surface area contributed by atoms with E-state index in [1.165, 1.54) is 0 Å². The Morgan fingerprint density at radius 3 is 2.75 bits per heavy atom. The Morgan fingerprint density at radius 1 is 1.38 bits per heavy atom. The van der Waals surface area contributed by atoms with Crippen LogP contribution in [0.25, 0.3) is 0 Å². The van der Waals surface area contributed by atoms with E-state index in [-0.39, 0.29) is 18.4 Å². The third-order valence-corrected chi connectivity index (χ3v) is 2.29. The number of hydrogen-bond acceptors (Lipinski definition) is 3. The average Bonchev–Trinajstić information content (AvgIpc) is 2.65. The monoisotopic (exact) mass is 219 g/mol. The van der Waals surface area contributed by atoms with Crippen LogP contribution in [0.15, 0.2) is 30.3 Å². The minimum Gasteiger partial charge on any atom is -0.342 e. The van der Waals surface area contributed by atoms with Gasteiger partial charge in [-0.15, -0.1) is 0 Å². The van der Waals surface area contributed by atoms with Crippen LogP contribution >= 0.6 is 0 Å². The van der Waals surface area contributed by atoms with Crippen molar-refractivity contribution in [1.82, 2.24) is 10.2 Å². The van der Waals surface area contributed by atoms with E-state index < -0.39 is 0 Å². The highest BCUT2D eigenvalue weighted by Crippen LogP contribution is 2.05. The molecule has 1 aromatic carbocycles. The van der Waals surface area contributed by atoms with E-state index in [1.807, 2.05) is 30.3 Å². The van der Waals surface area contributed by atoms with Crippen molar-refractivity contribution in [3.63, 3.8) is 0 Å². The van der Waals surface area contributed by atoms with E-state index in [1.54, 1.807) is 4.90 Å². The molecular weight excluding hydrogens is 206 g/mol. The van der Waals surface area contributed by atoms with E-state index in [4.69, 9.17) is 0 Å². The molecule has 0 spiro atoms. The topological polar surface area (TPSA) is 61.4 Å². The van der Waals surface area contributed by atoms with Gasteiger partial charge in [-0.25, -0.2) is 0 Å². The van der Waals surface area contributed by atoms with E-state index in [2.05, 4.69) is 10.6 Å². The number of anilines is 1. The minimum atomic E-state index is -0.109. The summed E-state index contributed by atoms with van der Waals surface area (Å²) in [4.78, 5) is 24.2. The van der Waals surface area contributed by atoms with E-state index in [0.717, 1.165) is 5.69 Å². The molecular formula is C11H13N3O2. The Kier molecular flexibility index (Phi) is 3.16. The third-order valence-electron chi connectivity index (χ3n) is 2.29. The molecule has 0 aromatic heterocycles. The Bertz CT molecular complexity index is 391. The average molecular weight is 219 g/mol. The first-order valence-electron chi connectivity index (χ1n) is 5.08. The summed E-state index contributed by atoms with van der Waals surface area (Å²) in [7, 11) is 0. The molecule has 5 heteroatoms. The predicted octanol–water partition coefficient (Wildman–Crippen LogP) is 0.0144. The Labute approximate surface area is 93.4 Å². The van der Waals surface area contributed by atoms with Gasteiger partial charge in [0.15, 0.2) is 0 Å². The highest BCUT2D eigenvalue weighted by Gasteiger charge is 2.20. The quantitative estimate of drug-likeness (QED) is 0.753. The molecule has 1 fully saturated rings. The van der Waals surface area contributed by atoms with Crippen LogP contribution in [0.1, 0.15) is 0 Å². The first-order valence-corrected chi connectivity index (χ1v) is 5.08. The molecule has 2 amide bonds. The van der Waals surface area contributed by atoms with Crippen LogP contribution in [0.3, 0.4) is 0 Å². The van der Waals surface area contributed by atoms with Crippen LogP contribution in [-0.2, 0) is 9.59 Å². The zero-order chi connectivity index (χ0) is 11.4. The van der Waals surface area contributed by atoms with Crippen molar-refractivity contribution in [1.29, 1.82) is 0 Å². The van der Waals surface area contributed by atoms with Crippen LogP contribution in [0.5, 0.6) is 0 Å². The zero-order valence-corrected chi connectivity index (χ0v) is 8.77. The van der Waals surface area contributed by atoms with E-state index >= 15 is 0 Å². The van der Waals surface area contributed by atoms with E-state index in [9.17, 15) is 9.59 Å². The van der Waals surface area contributed by atoms with E-state index in [0.29, 0.717) is 13.2 Å². The predicted molar refractivity (Wildman–Crippen MR) is 59.7 cm³/mol. The second kappa shape index (κ2) is 4.76. The molecule has 0 saturated carbocycles. The third kappa shape index (κ3) is 2.80. The second-order valence-electron chi connectivity index (χ2n) is 3.66. The fourth-order valence-corrected chi connectivity index (χ4v) is 1.55. The Balaban J connectivity index is 1.83. The lowest BCUT2D eigenvalue weighted by Crippen LogP contribution is -2.32. The molecule has 0 unspecified atom stereocenters. The van der Waals surface area contributed by atoms with Gasteiger partial charge in [-0.05, 0) is 12.1 Å². The lowest BCUT2D eigenvalue weighted by atomic mass is 10.3. The number of rotatable bonds is 3. The largest absolute Gasteiger partial charge is 0.342 e. The summed E-state index contributed by atoms with van der Waals surface area (Å²) < 4.78 is 0. The maximum Gasteiger partial charge on any atom is 0.238 e. The number of carbonyl (C=O) groups excluding carboxylic acids is 2. The first kappa shape index (κ1) is 10.6. The summed E-state index contributed by atoms with van der Waals surface area (Å²) in [5, 5.41) is 5.41. The number of para-hydroxylation sites is 1. The minimum absolute atomic E-state index is 0.0347. The van der Waals surface area contributed by atoms with Crippen molar-refractivity contribution in [2.45, 2.75) is 0 Å². The highest BCUT2D eigenvalue weighted by atomic mass is 16.2. The number of benzene rings is 1. The molecule has 5 nitrogen and oxygen atoms in total. The van der Waals surface area contributed by atoms with Crippen molar-refractivity contribution in [2.24, 2.45) is 0 Å². The number of hydrogen-bond donors (Lipinski definition) is 2. The van der Waals surface area contributed by atoms with Gasteiger partial charge in [-0.2, -0.15) is 0 Å². The van der Waals surface area contributed by atoms with Gasteiger partial charge in [0.25, 0.3) is 0 Å². The summed E-state index contributed by atoms with van der Waals surface area (Å²) in [6, 6.07) is 9.25. The SMILES string of the molecule is O=C1CN(CC(=O)Nc2ccccc2)CN1. The summed E-state index contributed by atoms with van der Waals surface area (Å²) in [6.45, 7) is 0.969. The second-order valence-corrected chi connectivity index (χ2v) is 3.66. The number of nitrogens with one attached hydrogen (secondary N) is 2. The van der Waals surface area contributed by atoms with Gasteiger partial charge in [0.05, 0.1) is 19.8 Å². The molecule has 1 heterocycles. The Hall–Kier alpha value is -1.88. The van der Waals surface area contributed by atoms with Gasteiger partial charge < -0.3 is 10.6 Å². The van der Waals surface area contributed by atoms with Crippen LogP contribution in [-0.4, -0.2) is 36.5 Å². The maximum absolute atomic E-state index is 11.6. The van der Waals surface area contributed by atoms with Gasteiger partial charge in [0.2, 0.25) is 11.8 Å². The summed E-state index contributed by atoms with van der Waals surface area (Å²) >= 11 is 0. The van der Waals surface area contributed by atoms with Crippen molar-refractivity contribution in [2.75, 3.05) is 25.1 Å². The highest BCUT2D eigenvalue weighted by molar-refractivity contribution is 5.92. The van der Waals surface area contributed by atoms with Gasteiger partial charge in [0, 0.05) is 5.69 Å². The van der Waals surface area contributed by atoms with Crippen molar-refractivity contribution in [3.05, 3.63) is 30.3 Å². The molecule has 1 aliphatic heterocycles. The molecule has 1 aliphatic rings. The smallest absolute Gasteiger partial charge is 0.238 e. The molecule has 0 bridgehead atoms. The molecule has 2 N–H and O–H groups in total. The maximum atomic E-state index is 11.6. The molecule has 16 heavy (non-hydrogen) atoms. The summed E-state index contributed by atoms with van der Waals surface area (Å²) in [5.74, 6) is -0.143. The van der Waals surface area contributed by atoms with Crippen LogP contribution in [0, 0.1) is 0 Å². The summed E-state index contributed by atoms with van der Waals surface area (Å²) in [6.07, 6.45) is 0. The number of amides is 2. The first-order chi connectivity index (χ1) is 7.74. The fourth-order valence-electron chi connectivity index (χ4n) is 1.55. The lowest BCUT2D eigenvalue weighted by Gasteiger charge is -2.12. The standard InChI is InChI=1S/C11H13N3O2/c15-10-6-14(8-12-10)7-11(16)13-9-4-2-1-3-5-9/h1-5H,6-8H2,(H,12,15)(H,13,16). The summed E-state index contributed by atoms with van der Waals surface area (Å²) in [5.41, 5.74) is 0.769. The Morgan fingerprint density at radius 2 is 2.12 bits per heavy atom. The van der Waals surface area contributed by atoms with Crippen LogP contribution < -0.4 is 10.6 Å². The number of nitrogens with zero attached hydrogens (tertiary/aromatic N) is 1. The molecule has 0 atom stereocenters. The molecule has 1 aromatic rings.